The lowest BCUT2D eigenvalue weighted by atomic mass is 9.99. The number of aromatic amines is 1. The van der Waals surface area contributed by atoms with Crippen LogP contribution in [-0.2, 0) is 6.54 Å². The first-order valence-corrected chi connectivity index (χ1v) is 6.03. The molecule has 0 spiro atoms. The second-order valence-corrected chi connectivity index (χ2v) is 4.30. The Kier molecular flexibility index (Phi) is 3.59. The molecule has 0 fully saturated rings. The topological polar surface area (TPSA) is 40.7 Å². The lowest BCUT2D eigenvalue weighted by Crippen LogP contribution is -2.11. The number of H-pyrrole nitrogens is 1. The summed E-state index contributed by atoms with van der Waals surface area (Å²) < 4.78 is 0. The van der Waals surface area contributed by atoms with Gasteiger partial charge in [-0.05, 0) is 31.5 Å². The molecule has 2 N–H and O–H groups in total. The third-order valence-corrected chi connectivity index (χ3v) is 3.16. The van der Waals surface area contributed by atoms with Gasteiger partial charge in [0.25, 0.3) is 0 Å². The molecule has 0 unspecified atom stereocenters. The van der Waals surface area contributed by atoms with Crippen LogP contribution in [0.5, 0.6) is 0 Å². The molecule has 3 heteroatoms. The van der Waals surface area contributed by atoms with Gasteiger partial charge >= 0.3 is 0 Å². The van der Waals surface area contributed by atoms with Crippen LogP contribution < -0.4 is 5.32 Å². The molecule has 0 aliphatic rings. The van der Waals surface area contributed by atoms with Crippen LogP contribution in [-0.4, -0.2) is 16.7 Å². The number of nitrogens with one attached hydrogen (secondary N) is 2. The first-order chi connectivity index (χ1) is 8.24. The molecular weight excluding hydrogens is 210 g/mol. The normalized spacial score (nSPS) is 10.8. The maximum atomic E-state index is 4.16. The number of aromatic nitrogens is 2. The number of nitrogens with zero attached hydrogens (tertiary/aromatic N) is 1. The number of benzene rings is 1. The molecule has 0 atom stereocenters. The fraction of sp³-hybridized carbons (Fsp3) is 0.357. The number of rotatable bonds is 4. The van der Waals surface area contributed by atoms with E-state index < -0.39 is 0 Å². The third-order valence-electron chi connectivity index (χ3n) is 3.16. The molecule has 0 saturated carbocycles. The van der Waals surface area contributed by atoms with Crippen molar-refractivity contribution >= 4 is 0 Å². The van der Waals surface area contributed by atoms with Crippen molar-refractivity contribution in [2.45, 2.75) is 27.3 Å². The van der Waals surface area contributed by atoms with Crippen LogP contribution in [0.2, 0.25) is 0 Å². The summed E-state index contributed by atoms with van der Waals surface area (Å²) in [5.74, 6) is 0. The molecule has 0 aliphatic heterocycles. The van der Waals surface area contributed by atoms with E-state index in [0.29, 0.717) is 0 Å². The van der Waals surface area contributed by atoms with Crippen LogP contribution in [0.4, 0.5) is 0 Å². The Bertz CT molecular complexity index is 500. The summed E-state index contributed by atoms with van der Waals surface area (Å²) in [6.45, 7) is 8.23. The fourth-order valence-corrected chi connectivity index (χ4v) is 1.96. The van der Waals surface area contributed by atoms with Crippen LogP contribution in [0.1, 0.15) is 23.6 Å². The summed E-state index contributed by atoms with van der Waals surface area (Å²) in [6.07, 6.45) is 1.90. The Balaban J connectivity index is 2.39. The molecule has 0 bridgehead atoms. The summed E-state index contributed by atoms with van der Waals surface area (Å²) in [6, 6.07) is 6.37. The lowest BCUT2D eigenvalue weighted by molar-refractivity contribution is 0.728. The number of hydrogen-bond acceptors (Lipinski definition) is 2. The Hall–Kier alpha value is -1.61. The molecule has 3 nitrogen and oxygen atoms in total. The second-order valence-electron chi connectivity index (χ2n) is 4.30. The largest absolute Gasteiger partial charge is 0.313 e. The molecule has 2 aromatic rings. The van der Waals surface area contributed by atoms with E-state index in [1.807, 2.05) is 6.20 Å². The van der Waals surface area contributed by atoms with Gasteiger partial charge in [0.1, 0.15) is 0 Å². The van der Waals surface area contributed by atoms with Crippen molar-refractivity contribution in [3.05, 3.63) is 41.1 Å². The van der Waals surface area contributed by atoms with E-state index in [1.54, 1.807) is 0 Å². The average Bonchev–Trinajstić information content (AvgIpc) is 2.78. The summed E-state index contributed by atoms with van der Waals surface area (Å²) in [5, 5.41) is 10.6. The van der Waals surface area contributed by atoms with E-state index in [4.69, 9.17) is 0 Å². The van der Waals surface area contributed by atoms with Gasteiger partial charge in [0.2, 0.25) is 0 Å². The standard InChI is InChI=1S/C14H19N3/c1-4-15-8-12-9-16-17-14(12)13-7-5-6-10(2)11(13)3/h5-7,9,15H,4,8H2,1-3H3,(H,16,17). The second kappa shape index (κ2) is 5.15. The first kappa shape index (κ1) is 11.9. The smallest absolute Gasteiger partial charge is 0.0697 e. The minimum atomic E-state index is 0.857. The quantitative estimate of drug-likeness (QED) is 0.846. The maximum absolute atomic E-state index is 4.16. The molecule has 17 heavy (non-hydrogen) atoms. The monoisotopic (exact) mass is 229 g/mol. The predicted molar refractivity (Wildman–Crippen MR) is 70.9 cm³/mol. The van der Waals surface area contributed by atoms with E-state index in [-0.39, 0.29) is 0 Å². The van der Waals surface area contributed by atoms with Gasteiger partial charge < -0.3 is 5.32 Å². The highest BCUT2D eigenvalue weighted by Gasteiger charge is 2.10. The SMILES string of the molecule is CCNCc1cn[nH]c1-c1cccc(C)c1C. The van der Waals surface area contributed by atoms with Gasteiger partial charge in [-0.3, -0.25) is 5.10 Å². The predicted octanol–water partition coefficient (Wildman–Crippen LogP) is 2.80. The van der Waals surface area contributed by atoms with E-state index in [0.717, 1.165) is 18.8 Å². The van der Waals surface area contributed by atoms with E-state index in [1.165, 1.54) is 22.3 Å². The zero-order valence-electron chi connectivity index (χ0n) is 10.7. The van der Waals surface area contributed by atoms with E-state index >= 15 is 0 Å². The van der Waals surface area contributed by atoms with Gasteiger partial charge in [-0.25, -0.2) is 0 Å². The number of aryl methyl sites for hydroxylation is 1. The summed E-state index contributed by atoms with van der Waals surface area (Å²) >= 11 is 0. The zero-order chi connectivity index (χ0) is 12.3. The van der Waals surface area contributed by atoms with Gasteiger partial charge in [-0.2, -0.15) is 5.10 Å². The van der Waals surface area contributed by atoms with Crippen molar-refractivity contribution in [1.82, 2.24) is 15.5 Å². The van der Waals surface area contributed by atoms with E-state index in [9.17, 15) is 0 Å². The van der Waals surface area contributed by atoms with Gasteiger partial charge in [0.05, 0.1) is 11.9 Å². The molecule has 1 aromatic heterocycles. The summed E-state index contributed by atoms with van der Waals surface area (Å²) in [7, 11) is 0. The van der Waals surface area contributed by atoms with Crippen molar-refractivity contribution in [3.8, 4) is 11.3 Å². The molecule has 90 valence electrons. The van der Waals surface area contributed by atoms with Crippen molar-refractivity contribution in [3.63, 3.8) is 0 Å². The van der Waals surface area contributed by atoms with Gasteiger partial charge in [0.15, 0.2) is 0 Å². The summed E-state index contributed by atoms with van der Waals surface area (Å²) in [4.78, 5) is 0. The third kappa shape index (κ3) is 2.39. The minimum absolute atomic E-state index is 0.857. The Morgan fingerprint density at radius 2 is 2.12 bits per heavy atom. The Morgan fingerprint density at radius 1 is 1.29 bits per heavy atom. The van der Waals surface area contributed by atoms with Crippen LogP contribution >= 0.6 is 0 Å². The molecule has 1 heterocycles. The van der Waals surface area contributed by atoms with Crippen LogP contribution in [0, 0.1) is 13.8 Å². The average molecular weight is 229 g/mol. The van der Waals surface area contributed by atoms with Crippen molar-refractivity contribution in [2.24, 2.45) is 0 Å². The summed E-state index contributed by atoms with van der Waals surface area (Å²) in [5.41, 5.74) is 6.23. The van der Waals surface area contributed by atoms with Crippen molar-refractivity contribution in [2.75, 3.05) is 6.54 Å². The highest BCUT2D eigenvalue weighted by atomic mass is 15.1. The molecule has 1 aromatic carbocycles. The fourth-order valence-electron chi connectivity index (χ4n) is 1.96. The van der Waals surface area contributed by atoms with Crippen molar-refractivity contribution in [1.29, 1.82) is 0 Å². The molecule has 0 aliphatic carbocycles. The molecule has 2 rings (SSSR count). The van der Waals surface area contributed by atoms with Gasteiger partial charge in [0, 0.05) is 17.7 Å². The molecule has 0 saturated heterocycles. The highest BCUT2D eigenvalue weighted by molar-refractivity contribution is 5.67. The van der Waals surface area contributed by atoms with Crippen molar-refractivity contribution < 1.29 is 0 Å². The highest BCUT2D eigenvalue weighted by Crippen LogP contribution is 2.26. The lowest BCUT2D eigenvalue weighted by Gasteiger charge is -2.09. The molecule has 0 amide bonds. The van der Waals surface area contributed by atoms with Crippen LogP contribution in [0.25, 0.3) is 11.3 Å². The molecular formula is C14H19N3. The Morgan fingerprint density at radius 3 is 2.88 bits per heavy atom. The van der Waals surface area contributed by atoms with Crippen LogP contribution in [0.15, 0.2) is 24.4 Å². The number of hydrogen-bond donors (Lipinski definition) is 2. The van der Waals surface area contributed by atoms with Crippen LogP contribution in [0.3, 0.4) is 0 Å². The Labute approximate surface area is 102 Å². The molecule has 0 radical (unpaired) electrons. The minimum Gasteiger partial charge on any atom is -0.313 e. The maximum Gasteiger partial charge on any atom is 0.0697 e. The van der Waals surface area contributed by atoms with Gasteiger partial charge in [-0.15, -0.1) is 0 Å². The zero-order valence-corrected chi connectivity index (χ0v) is 10.7. The van der Waals surface area contributed by atoms with E-state index in [2.05, 4.69) is 54.5 Å². The van der Waals surface area contributed by atoms with Gasteiger partial charge in [-0.1, -0.05) is 25.1 Å². The first-order valence-electron chi connectivity index (χ1n) is 6.03.